The molecule has 0 atom stereocenters. The number of aliphatic carboxylic acids is 1. The van der Waals surface area contributed by atoms with Gasteiger partial charge >= 0.3 is 28.3 Å². The van der Waals surface area contributed by atoms with Crippen molar-refractivity contribution in [2.45, 2.75) is 12.8 Å². The van der Waals surface area contributed by atoms with Crippen LogP contribution in [0.4, 0.5) is 0 Å². The third kappa shape index (κ3) is 11.5. The maximum Gasteiger partial charge on any atom is 1.00 e. The fraction of sp³-hybridized carbons (Fsp3) is 0.286. The summed E-state index contributed by atoms with van der Waals surface area (Å²) in [6.45, 7) is 0. The van der Waals surface area contributed by atoms with E-state index < -0.39 is 11.1 Å². The first-order valence-electron chi connectivity index (χ1n) is 3.69. The number of rotatable bonds is 3. The van der Waals surface area contributed by atoms with Crippen LogP contribution >= 0.6 is 22.9 Å². The van der Waals surface area contributed by atoms with Gasteiger partial charge in [-0.05, 0) is 18.6 Å². The van der Waals surface area contributed by atoms with Gasteiger partial charge in [-0.15, -0.1) is 11.3 Å². The van der Waals surface area contributed by atoms with Gasteiger partial charge in [-0.3, -0.25) is 4.79 Å². The predicted molar refractivity (Wildman–Crippen MR) is 55.6 cm³/mol. The van der Waals surface area contributed by atoms with Crippen LogP contribution in [0.5, 0.6) is 0 Å². The molecule has 0 aromatic carbocycles. The minimum atomic E-state index is -1.75. The summed E-state index contributed by atoms with van der Waals surface area (Å²) in [7, 11) is 0. The number of hydrogen-bond acceptors (Lipinski definition) is 5. The minimum absolute atomic E-state index is 0. The van der Waals surface area contributed by atoms with Crippen molar-refractivity contribution >= 4 is 28.9 Å². The summed E-state index contributed by atoms with van der Waals surface area (Å²) in [5, 5.41) is 23.1. The van der Waals surface area contributed by atoms with Crippen LogP contribution in [0, 0.1) is 15.3 Å². The van der Waals surface area contributed by atoms with E-state index in [1.807, 2.05) is 6.07 Å². The van der Waals surface area contributed by atoms with Crippen molar-refractivity contribution in [2.75, 3.05) is 0 Å². The van der Waals surface area contributed by atoms with Crippen molar-refractivity contribution in [1.29, 1.82) is 0 Å². The molecule has 0 bridgehead atoms. The number of carbonyl (C=O) groups is 1. The normalized spacial score (nSPS) is 8.31. The average Bonchev–Trinajstić information content (AvgIpc) is 2.47. The first-order valence-corrected chi connectivity index (χ1v) is 4.88. The van der Waals surface area contributed by atoms with Crippen molar-refractivity contribution in [3.63, 3.8) is 0 Å². The maximum atomic E-state index is 10.2. The molecular formula is C7H7AgClNO5S. The number of aryl methyl sites for hydroxylation is 1. The second kappa shape index (κ2) is 9.61. The Bertz CT molecular complexity index is 341. The van der Waals surface area contributed by atoms with Crippen molar-refractivity contribution in [3.8, 4) is 0 Å². The molecule has 16 heavy (non-hydrogen) atoms. The third-order valence-electron chi connectivity index (χ3n) is 1.21. The summed E-state index contributed by atoms with van der Waals surface area (Å²) in [5.74, 6) is -0.769. The standard InChI is InChI=1S/C7H7ClO2S.Ag.NO3/c8-6-3-1-5(11-6)2-4-7(9)10;;2-1(3)4/h1,3H,2,4H2,(H,9,10);;/q;+1;-1. The molecule has 9 heteroatoms. The molecule has 94 valence electrons. The number of carboxylic acid groups (broad SMARTS) is 1. The molecule has 0 fully saturated rings. The second-order valence-corrected chi connectivity index (χ2v) is 4.12. The Morgan fingerprint density at radius 1 is 1.50 bits per heavy atom. The van der Waals surface area contributed by atoms with Crippen LogP contribution in [0.3, 0.4) is 0 Å². The quantitative estimate of drug-likeness (QED) is 0.505. The van der Waals surface area contributed by atoms with Gasteiger partial charge in [0.25, 0.3) is 0 Å². The predicted octanol–water partition coefficient (Wildman–Crippen LogP) is 2.18. The smallest absolute Gasteiger partial charge is 0.481 e. The zero-order valence-electron chi connectivity index (χ0n) is 7.68. The van der Waals surface area contributed by atoms with E-state index in [0.29, 0.717) is 10.8 Å². The zero-order valence-corrected chi connectivity index (χ0v) is 10.7. The topological polar surface area (TPSA) is 104 Å². The molecule has 0 aliphatic carbocycles. The maximum absolute atomic E-state index is 10.2. The Labute approximate surface area is 115 Å². The van der Waals surface area contributed by atoms with Gasteiger partial charge in [0.1, 0.15) is 0 Å². The summed E-state index contributed by atoms with van der Waals surface area (Å²) < 4.78 is 0.713. The van der Waals surface area contributed by atoms with E-state index in [4.69, 9.17) is 32.0 Å². The van der Waals surface area contributed by atoms with E-state index in [1.54, 1.807) is 6.07 Å². The van der Waals surface area contributed by atoms with Gasteiger partial charge in [-0.1, -0.05) is 11.6 Å². The van der Waals surface area contributed by atoms with Crippen molar-refractivity contribution < 1.29 is 37.4 Å². The molecule has 0 spiro atoms. The summed E-state index contributed by atoms with van der Waals surface area (Å²) >= 11 is 7.08. The van der Waals surface area contributed by atoms with Gasteiger partial charge in [-0.25, -0.2) is 0 Å². The molecule has 0 saturated carbocycles. The fourth-order valence-electron chi connectivity index (χ4n) is 0.716. The molecule has 0 aliphatic rings. The van der Waals surface area contributed by atoms with Crippen LogP contribution in [0.2, 0.25) is 4.34 Å². The zero-order chi connectivity index (χ0) is 11.8. The Kier molecular flexibility index (Phi) is 10.7. The van der Waals surface area contributed by atoms with E-state index in [9.17, 15) is 4.79 Å². The number of halogens is 1. The Morgan fingerprint density at radius 3 is 2.31 bits per heavy atom. The molecule has 0 amide bonds. The van der Waals surface area contributed by atoms with Gasteiger partial charge in [0.05, 0.1) is 15.8 Å². The van der Waals surface area contributed by atoms with Crippen molar-refractivity contribution in [1.82, 2.24) is 0 Å². The number of nitrogens with zero attached hydrogens (tertiary/aromatic N) is 1. The minimum Gasteiger partial charge on any atom is -0.481 e. The van der Waals surface area contributed by atoms with Gasteiger partial charge in [0.2, 0.25) is 0 Å². The SMILES string of the molecule is O=C(O)CCc1ccc(Cl)s1.O=[N+]([O-])[O-].[Ag+]. The summed E-state index contributed by atoms with van der Waals surface area (Å²) in [4.78, 5) is 19.4. The Morgan fingerprint density at radius 2 is 2.00 bits per heavy atom. The molecule has 1 aromatic heterocycles. The number of thiophene rings is 1. The van der Waals surface area contributed by atoms with Crippen LogP contribution in [0.15, 0.2) is 12.1 Å². The summed E-state index contributed by atoms with van der Waals surface area (Å²) in [6, 6.07) is 3.64. The number of carboxylic acids is 1. The van der Waals surface area contributed by atoms with Crippen LogP contribution in [-0.4, -0.2) is 16.2 Å². The molecule has 0 radical (unpaired) electrons. The number of hydrogen-bond donors (Lipinski definition) is 1. The van der Waals surface area contributed by atoms with Crippen LogP contribution in [-0.2, 0) is 33.6 Å². The van der Waals surface area contributed by atoms with Gasteiger partial charge < -0.3 is 20.4 Å². The monoisotopic (exact) mass is 359 g/mol. The van der Waals surface area contributed by atoms with E-state index in [-0.39, 0.29) is 28.8 Å². The first kappa shape index (κ1) is 17.8. The van der Waals surface area contributed by atoms with Crippen LogP contribution < -0.4 is 0 Å². The molecular weight excluding hydrogens is 353 g/mol. The molecule has 1 aromatic rings. The fourth-order valence-corrected chi connectivity index (χ4v) is 1.80. The molecule has 0 saturated heterocycles. The molecule has 1 heterocycles. The van der Waals surface area contributed by atoms with E-state index >= 15 is 0 Å². The second-order valence-electron chi connectivity index (χ2n) is 2.32. The van der Waals surface area contributed by atoms with E-state index in [0.717, 1.165) is 4.88 Å². The molecule has 1 rings (SSSR count). The van der Waals surface area contributed by atoms with E-state index in [2.05, 4.69) is 0 Å². The van der Waals surface area contributed by atoms with Crippen LogP contribution in [0.1, 0.15) is 11.3 Å². The average molecular weight is 361 g/mol. The first-order chi connectivity index (χ1) is 6.91. The van der Waals surface area contributed by atoms with Gasteiger partial charge in [-0.2, -0.15) is 0 Å². The Balaban J connectivity index is 0. The molecule has 0 aliphatic heterocycles. The molecule has 1 N–H and O–H groups in total. The molecule has 0 unspecified atom stereocenters. The Hall–Kier alpha value is -0.600. The summed E-state index contributed by atoms with van der Waals surface area (Å²) in [5.41, 5.74) is 0. The largest absolute Gasteiger partial charge is 1.00 e. The summed E-state index contributed by atoms with van der Waals surface area (Å²) in [6.07, 6.45) is 0.754. The third-order valence-corrected chi connectivity index (χ3v) is 2.51. The van der Waals surface area contributed by atoms with Gasteiger partial charge in [0, 0.05) is 4.88 Å². The molecule has 6 nitrogen and oxygen atoms in total. The van der Waals surface area contributed by atoms with Gasteiger partial charge in [0.15, 0.2) is 0 Å². The van der Waals surface area contributed by atoms with Crippen molar-refractivity contribution in [2.24, 2.45) is 0 Å². The van der Waals surface area contributed by atoms with Crippen molar-refractivity contribution in [3.05, 3.63) is 36.7 Å². The van der Waals surface area contributed by atoms with E-state index in [1.165, 1.54) is 11.3 Å². The van der Waals surface area contributed by atoms with Crippen LogP contribution in [0.25, 0.3) is 0 Å².